The SMILES string of the molecule is CCc1cccc(CC)c1NC(=O)c1cccc(NC2=C(Cl)C(=O)N(c3cccc(Cl)c3C)C2=O)c1. The molecule has 8 heteroatoms. The number of imide groups is 1. The molecule has 0 bridgehead atoms. The minimum absolute atomic E-state index is 0.0665. The lowest BCUT2D eigenvalue weighted by molar-refractivity contribution is -0.120. The molecule has 4 rings (SSSR count). The maximum Gasteiger partial charge on any atom is 0.283 e. The monoisotopic (exact) mass is 521 g/mol. The zero-order valence-electron chi connectivity index (χ0n) is 20.1. The van der Waals surface area contributed by atoms with Crippen molar-refractivity contribution in [2.75, 3.05) is 15.5 Å². The van der Waals surface area contributed by atoms with E-state index in [1.54, 1.807) is 49.4 Å². The van der Waals surface area contributed by atoms with Gasteiger partial charge in [-0.15, -0.1) is 0 Å². The van der Waals surface area contributed by atoms with Gasteiger partial charge in [0, 0.05) is 22.0 Å². The maximum atomic E-state index is 13.2. The van der Waals surface area contributed by atoms with Crippen molar-refractivity contribution in [2.24, 2.45) is 0 Å². The molecule has 0 saturated heterocycles. The first-order valence-electron chi connectivity index (χ1n) is 11.6. The second-order valence-electron chi connectivity index (χ2n) is 8.34. The highest BCUT2D eigenvalue weighted by molar-refractivity contribution is 6.53. The molecule has 0 aromatic heterocycles. The van der Waals surface area contributed by atoms with Crippen LogP contribution < -0.4 is 15.5 Å². The Morgan fingerprint density at radius 1 is 0.889 bits per heavy atom. The number of amides is 3. The Morgan fingerprint density at radius 3 is 2.19 bits per heavy atom. The third-order valence-corrected chi connectivity index (χ3v) is 6.90. The summed E-state index contributed by atoms with van der Waals surface area (Å²) in [6.07, 6.45) is 1.58. The lowest BCUT2D eigenvalue weighted by atomic mass is 10.0. The highest BCUT2D eigenvalue weighted by Crippen LogP contribution is 2.34. The Hall–Kier alpha value is -3.61. The first-order valence-corrected chi connectivity index (χ1v) is 12.3. The van der Waals surface area contributed by atoms with E-state index in [1.165, 1.54) is 0 Å². The summed E-state index contributed by atoms with van der Waals surface area (Å²) in [5, 5.41) is 6.16. The number of aryl methyl sites for hydroxylation is 2. The number of nitrogens with one attached hydrogen (secondary N) is 2. The molecule has 36 heavy (non-hydrogen) atoms. The van der Waals surface area contributed by atoms with E-state index in [0.717, 1.165) is 34.6 Å². The standard InChI is InChI=1S/C28H25Cl2N3O3/c1-4-17-9-6-10-18(5-2)24(17)32-26(34)19-11-7-12-20(15-19)31-25-23(30)27(35)33(28(25)36)22-14-8-13-21(29)16(22)3/h6-15,31H,4-5H2,1-3H3,(H,32,34). The fraction of sp³-hybridized carbons (Fsp3) is 0.179. The minimum Gasteiger partial charge on any atom is -0.350 e. The summed E-state index contributed by atoms with van der Waals surface area (Å²) in [6, 6.07) is 17.6. The van der Waals surface area contributed by atoms with Gasteiger partial charge in [-0.1, -0.05) is 67.4 Å². The number of nitrogens with zero attached hydrogens (tertiary/aromatic N) is 1. The number of para-hydroxylation sites is 1. The van der Waals surface area contributed by atoms with E-state index in [-0.39, 0.29) is 16.6 Å². The summed E-state index contributed by atoms with van der Waals surface area (Å²) in [7, 11) is 0. The van der Waals surface area contributed by atoms with E-state index < -0.39 is 11.8 Å². The average molecular weight is 522 g/mol. The van der Waals surface area contributed by atoms with Crippen molar-refractivity contribution < 1.29 is 14.4 Å². The molecule has 0 saturated carbocycles. The molecule has 3 aromatic rings. The number of carbonyl (C=O) groups is 3. The number of rotatable bonds is 7. The van der Waals surface area contributed by atoms with Crippen LogP contribution in [0.15, 0.2) is 71.4 Å². The Morgan fingerprint density at radius 2 is 1.53 bits per heavy atom. The second kappa shape index (κ2) is 10.6. The Kier molecular flexibility index (Phi) is 7.48. The van der Waals surface area contributed by atoms with Gasteiger partial charge < -0.3 is 10.6 Å². The van der Waals surface area contributed by atoms with Gasteiger partial charge in [0.2, 0.25) is 0 Å². The lowest BCUT2D eigenvalue weighted by Gasteiger charge is -2.18. The van der Waals surface area contributed by atoms with Gasteiger partial charge in [-0.25, -0.2) is 4.90 Å². The number of hydrogen-bond acceptors (Lipinski definition) is 4. The number of carbonyl (C=O) groups excluding carboxylic acids is 3. The van der Waals surface area contributed by atoms with Gasteiger partial charge in [0.25, 0.3) is 17.7 Å². The molecule has 1 aliphatic rings. The average Bonchev–Trinajstić information content (AvgIpc) is 3.09. The van der Waals surface area contributed by atoms with Crippen LogP contribution in [0.1, 0.15) is 40.9 Å². The van der Waals surface area contributed by atoms with Crippen molar-refractivity contribution in [1.82, 2.24) is 0 Å². The Balaban J connectivity index is 1.58. The molecule has 3 aromatic carbocycles. The molecule has 6 nitrogen and oxygen atoms in total. The smallest absolute Gasteiger partial charge is 0.283 e. The summed E-state index contributed by atoms with van der Waals surface area (Å²) >= 11 is 12.5. The van der Waals surface area contributed by atoms with Crippen LogP contribution in [0.25, 0.3) is 0 Å². The van der Waals surface area contributed by atoms with E-state index >= 15 is 0 Å². The molecule has 0 aliphatic carbocycles. The summed E-state index contributed by atoms with van der Waals surface area (Å²) in [6.45, 7) is 5.81. The summed E-state index contributed by atoms with van der Waals surface area (Å²) < 4.78 is 0. The van der Waals surface area contributed by atoms with Crippen molar-refractivity contribution >= 4 is 58.0 Å². The van der Waals surface area contributed by atoms with Crippen molar-refractivity contribution in [3.8, 4) is 0 Å². The molecule has 0 unspecified atom stereocenters. The molecule has 184 valence electrons. The number of anilines is 3. The van der Waals surface area contributed by atoms with Crippen LogP contribution in [0.5, 0.6) is 0 Å². The van der Waals surface area contributed by atoms with Crippen LogP contribution in [0.3, 0.4) is 0 Å². The van der Waals surface area contributed by atoms with Crippen LogP contribution in [-0.2, 0) is 22.4 Å². The fourth-order valence-electron chi connectivity index (χ4n) is 4.14. The Labute approximate surface area is 219 Å². The highest BCUT2D eigenvalue weighted by atomic mass is 35.5. The predicted molar refractivity (Wildman–Crippen MR) is 145 cm³/mol. The molecule has 2 N–H and O–H groups in total. The van der Waals surface area contributed by atoms with Gasteiger partial charge in [-0.3, -0.25) is 14.4 Å². The predicted octanol–water partition coefficient (Wildman–Crippen LogP) is 6.46. The van der Waals surface area contributed by atoms with E-state index in [9.17, 15) is 14.4 Å². The minimum atomic E-state index is -0.647. The summed E-state index contributed by atoms with van der Waals surface area (Å²) in [4.78, 5) is 40.1. The number of benzene rings is 3. The maximum absolute atomic E-state index is 13.2. The van der Waals surface area contributed by atoms with Crippen LogP contribution >= 0.6 is 23.2 Å². The third-order valence-electron chi connectivity index (χ3n) is 6.14. The summed E-state index contributed by atoms with van der Waals surface area (Å²) in [5.74, 6) is -1.53. The van der Waals surface area contributed by atoms with Crippen LogP contribution in [0.2, 0.25) is 5.02 Å². The third kappa shape index (κ3) is 4.74. The van der Waals surface area contributed by atoms with Gasteiger partial charge in [0.15, 0.2) is 0 Å². The largest absolute Gasteiger partial charge is 0.350 e. The molecule has 0 radical (unpaired) electrons. The van der Waals surface area contributed by atoms with Gasteiger partial charge >= 0.3 is 0 Å². The summed E-state index contributed by atoms with van der Waals surface area (Å²) in [5.41, 5.74) is 4.65. The molecule has 0 fully saturated rings. The molecule has 1 heterocycles. The van der Waals surface area contributed by atoms with Gasteiger partial charge in [-0.05, 0) is 66.8 Å². The molecular weight excluding hydrogens is 497 g/mol. The van der Waals surface area contributed by atoms with Crippen molar-refractivity contribution in [1.29, 1.82) is 0 Å². The number of hydrogen-bond donors (Lipinski definition) is 2. The first-order chi connectivity index (χ1) is 17.3. The van der Waals surface area contributed by atoms with Crippen LogP contribution in [-0.4, -0.2) is 17.7 Å². The van der Waals surface area contributed by atoms with E-state index in [4.69, 9.17) is 23.2 Å². The number of halogens is 2. The van der Waals surface area contributed by atoms with Crippen molar-refractivity contribution in [2.45, 2.75) is 33.6 Å². The normalized spacial score (nSPS) is 13.4. The first kappa shape index (κ1) is 25.5. The van der Waals surface area contributed by atoms with Crippen LogP contribution in [0.4, 0.5) is 17.1 Å². The molecule has 3 amide bonds. The van der Waals surface area contributed by atoms with E-state index in [2.05, 4.69) is 10.6 Å². The van der Waals surface area contributed by atoms with Crippen LogP contribution in [0, 0.1) is 6.92 Å². The molecule has 0 atom stereocenters. The lowest BCUT2D eigenvalue weighted by Crippen LogP contribution is -2.32. The van der Waals surface area contributed by atoms with E-state index in [1.807, 2.05) is 32.0 Å². The highest BCUT2D eigenvalue weighted by Gasteiger charge is 2.39. The quantitative estimate of drug-likeness (QED) is 0.349. The molecular formula is C28H25Cl2N3O3. The van der Waals surface area contributed by atoms with E-state index in [0.29, 0.717) is 27.5 Å². The van der Waals surface area contributed by atoms with Gasteiger partial charge in [0.05, 0.1) is 5.69 Å². The fourth-order valence-corrected chi connectivity index (χ4v) is 4.52. The zero-order valence-corrected chi connectivity index (χ0v) is 21.6. The zero-order chi connectivity index (χ0) is 26.0. The van der Waals surface area contributed by atoms with Crippen molar-refractivity contribution in [3.63, 3.8) is 0 Å². The van der Waals surface area contributed by atoms with Gasteiger partial charge in [-0.2, -0.15) is 0 Å². The van der Waals surface area contributed by atoms with Crippen molar-refractivity contribution in [3.05, 3.63) is 98.7 Å². The second-order valence-corrected chi connectivity index (χ2v) is 9.12. The molecule has 1 aliphatic heterocycles. The Bertz CT molecular complexity index is 1390. The molecule has 0 spiro atoms. The van der Waals surface area contributed by atoms with Gasteiger partial charge in [0.1, 0.15) is 10.7 Å². The topological polar surface area (TPSA) is 78.5 Å².